The number of hydrogen-bond donors (Lipinski definition) is 2. The van der Waals surface area contributed by atoms with Gasteiger partial charge in [0, 0.05) is 31.7 Å². The molecule has 0 spiro atoms. The van der Waals surface area contributed by atoms with E-state index in [0.717, 1.165) is 37.8 Å². The lowest BCUT2D eigenvalue weighted by molar-refractivity contribution is 0.122. The third-order valence-electron chi connectivity index (χ3n) is 6.80. The van der Waals surface area contributed by atoms with Crippen molar-refractivity contribution in [3.8, 4) is 5.82 Å². The lowest BCUT2D eigenvalue weighted by atomic mass is 9.86. The summed E-state index contributed by atoms with van der Waals surface area (Å²) >= 11 is 0. The minimum atomic E-state index is -2.74. The van der Waals surface area contributed by atoms with Crippen LogP contribution < -0.4 is 16.0 Å². The molecule has 1 aliphatic heterocycles. The Hall–Kier alpha value is -2.85. The molecule has 1 saturated carbocycles. The summed E-state index contributed by atoms with van der Waals surface area (Å²) in [6, 6.07) is 7.53. The largest absolute Gasteiger partial charge is 0.378 e. The Morgan fingerprint density at radius 2 is 1.82 bits per heavy atom. The quantitative estimate of drug-likeness (QED) is 0.564. The van der Waals surface area contributed by atoms with Crippen molar-refractivity contribution in [3.05, 3.63) is 35.7 Å². The molecule has 3 N–H and O–H groups in total. The maximum Gasteiger partial charge on any atom is 0.296 e. The van der Waals surface area contributed by atoms with Gasteiger partial charge in [0.1, 0.15) is 11.6 Å². The Morgan fingerprint density at radius 3 is 2.56 bits per heavy atom. The number of morpholine rings is 1. The van der Waals surface area contributed by atoms with Crippen molar-refractivity contribution in [1.82, 2.24) is 19.5 Å². The average Bonchev–Trinajstić information content (AvgIpc) is 3.26. The lowest BCUT2D eigenvalue weighted by Crippen LogP contribution is -2.37. The van der Waals surface area contributed by atoms with Gasteiger partial charge in [-0.1, -0.05) is 12.1 Å². The SMILES string of the molecule is Cc1cccc2nc(C(F)F)n(-c3cc(N4CCOCC4)nc(NC[C@H]4CC[C@H](N)CC4)n3)c12. The molecule has 0 amide bonds. The second-order valence-electron chi connectivity index (χ2n) is 9.22. The van der Waals surface area contributed by atoms with Gasteiger partial charge in [0.05, 0.1) is 24.2 Å². The third-order valence-corrected chi connectivity index (χ3v) is 6.80. The number of nitrogens with zero attached hydrogens (tertiary/aromatic N) is 5. The number of aromatic nitrogens is 4. The minimum Gasteiger partial charge on any atom is -0.378 e. The predicted octanol–water partition coefficient (Wildman–Crippen LogP) is 3.83. The summed E-state index contributed by atoms with van der Waals surface area (Å²) in [5, 5.41) is 3.38. The fraction of sp³-hybridized carbons (Fsp3) is 0.542. The molecule has 0 bridgehead atoms. The smallest absolute Gasteiger partial charge is 0.296 e. The van der Waals surface area contributed by atoms with E-state index in [4.69, 9.17) is 15.5 Å². The highest BCUT2D eigenvalue weighted by atomic mass is 19.3. The van der Waals surface area contributed by atoms with Gasteiger partial charge in [-0.2, -0.15) is 9.97 Å². The van der Waals surface area contributed by atoms with Crippen LogP contribution in [-0.2, 0) is 4.74 Å². The number of nitrogens with one attached hydrogen (secondary N) is 1. The Kier molecular flexibility index (Phi) is 6.60. The van der Waals surface area contributed by atoms with Crippen LogP contribution >= 0.6 is 0 Å². The molecular weight excluding hydrogens is 440 g/mol. The van der Waals surface area contributed by atoms with E-state index in [1.807, 2.05) is 19.1 Å². The first-order chi connectivity index (χ1) is 16.5. The molecule has 5 rings (SSSR count). The Balaban J connectivity index is 1.55. The van der Waals surface area contributed by atoms with Gasteiger partial charge in [-0.15, -0.1) is 0 Å². The fourth-order valence-electron chi connectivity index (χ4n) is 4.89. The van der Waals surface area contributed by atoms with Crippen molar-refractivity contribution in [1.29, 1.82) is 0 Å². The molecule has 3 aromatic rings. The van der Waals surface area contributed by atoms with Crippen molar-refractivity contribution in [2.24, 2.45) is 11.7 Å². The number of aryl methyl sites for hydroxylation is 1. The second-order valence-corrected chi connectivity index (χ2v) is 9.22. The predicted molar refractivity (Wildman–Crippen MR) is 128 cm³/mol. The topological polar surface area (TPSA) is 94.1 Å². The Labute approximate surface area is 197 Å². The van der Waals surface area contributed by atoms with Crippen LogP contribution in [0, 0.1) is 12.8 Å². The molecule has 1 aromatic carbocycles. The van der Waals surface area contributed by atoms with Gasteiger partial charge >= 0.3 is 0 Å². The van der Waals surface area contributed by atoms with E-state index in [-0.39, 0.29) is 11.9 Å². The first kappa shape index (κ1) is 22.9. The molecule has 1 aliphatic carbocycles. The van der Waals surface area contributed by atoms with Crippen LogP contribution in [0.3, 0.4) is 0 Å². The molecule has 0 atom stereocenters. The number of rotatable bonds is 6. The summed E-state index contributed by atoms with van der Waals surface area (Å²) in [6.45, 7) is 5.18. The third kappa shape index (κ3) is 4.69. The number of ether oxygens (including phenoxy) is 1. The maximum absolute atomic E-state index is 14.1. The standard InChI is InChI=1S/C24H31F2N7O/c1-15-3-2-4-18-21(15)33(23(29-18)22(25)26)20-13-19(32-9-11-34-12-10-32)30-24(31-20)28-14-16-5-7-17(27)8-6-16/h2-4,13,16-17,22H,5-12,14,27H2,1H3,(H,28,30,31)/t16-,17-. The van der Waals surface area contributed by atoms with Gasteiger partial charge in [-0.25, -0.2) is 13.8 Å². The van der Waals surface area contributed by atoms with Crippen molar-refractivity contribution >= 4 is 22.8 Å². The van der Waals surface area contributed by atoms with Gasteiger partial charge in [-0.3, -0.25) is 4.57 Å². The summed E-state index contributed by atoms with van der Waals surface area (Å²) in [4.78, 5) is 15.8. The van der Waals surface area contributed by atoms with Crippen molar-refractivity contribution < 1.29 is 13.5 Å². The minimum absolute atomic E-state index is 0.286. The molecule has 10 heteroatoms. The van der Waals surface area contributed by atoms with Crippen molar-refractivity contribution in [3.63, 3.8) is 0 Å². The van der Waals surface area contributed by atoms with Crippen LogP contribution in [0.1, 0.15) is 43.5 Å². The lowest BCUT2D eigenvalue weighted by Gasteiger charge is -2.29. The number of anilines is 2. The first-order valence-corrected chi connectivity index (χ1v) is 12.0. The fourth-order valence-corrected chi connectivity index (χ4v) is 4.89. The van der Waals surface area contributed by atoms with E-state index >= 15 is 0 Å². The van der Waals surface area contributed by atoms with E-state index in [9.17, 15) is 8.78 Å². The van der Waals surface area contributed by atoms with E-state index < -0.39 is 6.43 Å². The van der Waals surface area contributed by atoms with Crippen LogP contribution in [-0.4, -0.2) is 58.4 Å². The van der Waals surface area contributed by atoms with Gasteiger partial charge in [-0.05, 0) is 50.2 Å². The molecule has 8 nitrogen and oxygen atoms in total. The number of para-hydroxylation sites is 1. The molecule has 1 saturated heterocycles. The van der Waals surface area contributed by atoms with Gasteiger partial charge < -0.3 is 20.7 Å². The van der Waals surface area contributed by atoms with Crippen LogP contribution in [0.15, 0.2) is 24.3 Å². The van der Waals surface area contributed by atoms with E-state index in [1.165, 1.54) is 4.57 Å². The summed E-state index contributed by atoms with van der Waals surface area (Å²) in [6.07, 6.45) is 1.42. The zero-order valence-corrected chi connectivity index (χ0v) is 19.4. The number of alkyl halides is 2. The molecule has 0 unspecified atom stereocenters. The van der Waals surface area contributed by atoms with E-state index in [2.05, 4.69) is 20.2 Å². The highest BCUT2D eigenvalue weighted by molar-refractivity contribution is 5.81. The van der Waals surface area contributed by atoms with Crippen LogP contribution in [0.5, 0.6) is 0 Å². The monoisotopic (exact) mass is 471 g/mol. The number of hydrogen-bond acceptors (Lipinski definition) is 7. The summed E-state index contributed by atoms with van der Waals surface area (Å²) in [5.41, 5.74) is 8.06. The molecule has 2 aromatic heterocycles. The molecular formula is C24H31F2N7O. The molecule has 2 aliphatic rings. The average molecular weight is 472 g/mol. The van der Waals surface area contributed by atoms with Gasteiger partial charge in [0.15, 0.2) is 5.82 Å². The van der Waals surface area contributed by atoms with Crippen LogP contribution in [0.4, 0.5) is 20.5 Å². The van der Waals surface area contributed by atoms with Crippen LogP contribution in [0.25, 0.3) is 16.9 Å². The molecule has 182 valence electrons. The summed E-state index contributed by atoms with van der Waals surface area (Å²) in [5.74, 6) is 1.69. The summed E-state index contributed by atoms with van der Waals surface area (Å²) in [7, 11) is 0. The number of nitrogens with two attached hydrogens (primary N) is 1. The normalized spacial score (nSPS) is 21.4. The van der Waals surface area contributed by atoms with E-state index in [1.54, 1.807) is 12.1 Å². The highest BCUT2D eigenvalue weighted by Gasteiger charge is 2.25. The number of imidazole rings is 1. The zero-order valence-electron chi connectivity index (χ0n) is 19.4. The van der Waals surface area contributed by atoms with Crippen molar-refractivity contribution in [2.75, 3.05) is 43.1 Å². The molecule has 2 fully saturated rings. The molecule has 3 heterocycles. The highest BCUT2D eigenvalue weighted by Crippen LogP contribution is 2.31. The first-order valence-electron chi connectivity index (χ1n) is 12.0. The number of halogens is 2. The van der Waals surface area contributed by atoms with Gasteiger partial charge in [0.2, 0.25) is 5.95 Å². The number of benzene rings is 1. The summed E-state index contributed by atoms with van der Waals surface area (Å²) < 4.78 is 35.1. The number of fused-ring (bicyclic) bond motifs is 1. The molecule has 0 radical (unpaired) electrons. The Bertz CT molecular complexity index is 1140. The Morgan fingerprint density at radius 1 is 1.09 bits per heavy atom. The van der Waals surface area contributed by atoms with Crippen LogP contribution in [0.2, 0.25) is 0 Å². The maximum atomic E-state index is 14.1. The van der Waals surface area contributed by atoms with Crippen molar-refractivity contribution in [2.45, 2.75) is 45.1 Å². The van der Waals surface area contributed by atoms with E-state index in [0.29, 0.717) is 60.8 Å². The molecule has 34 heavy (non-hydrogen) atoms. The zero-order chi connectivity index (χ0) is 23.7. The van der Waals surface area contributed by atoms with Gasteiger partial charge in [0.25, 0.3) is 6.43 Å². The second kappa shape index (κ2) is 9.79.